The topological polar surface area (TPSA) is 97.1 Å². The molecule has 7 heteroatoms. The van der Waals surface area contributed by atoms with E-state index in [1.807, 2.05) is 6.07 Å². The molecule has 0 atom stereocenters. The lowest BCUT2D eigenvalue weighted by Gasteiger charge is -2.06. The number of carbonyl (C=O) groups is 2. The maximum absolute atomic E-state index is 12.0. The number of hydrogen-bond acceptors (Lipinski definition) is 5. The fourth-order valence-corrected chi connectivity index (χ4v) is 1.98. The Morgan fingerprint density at radius 3 is 2.42 bits per heavy atom. The lowest BCUT2D eigenvalue weighted by atomic mass is 10.2. The normalized spacial score (nSPS) is 10.2. The van der Waals surface area contributed by atoms with Crippen LogP contribution in [0.25, 0.3) is 0 Å². The van der Waals surface area contributed by atoms with Crippen molar-refractivity contribution in [3.8, 4) is 0 Å². The number of aromatic nitrogens is 2. The molecular formula is C17H14N4O3. The molecule has 7 nitrogen and oxygen atoms in total. The molecule has 0 radical (unpaired) electrons. The van der Waals surface area contributed by atoms with Crippen LogP contribution in [0.4, 0.5) is 11.5 Å². The first kappa shape index (κ1) is 15.4. The lowest BCUT2D eigenvalue weighted by Crippen LogP contribution is -2.14. The maximum atomic E-state index is 12.0. The summed E-state index contributed by atoms with van der Waals surface area (Å²) in [6.07, 6.45) is 1.45. The molecule has 120 valence electrons. The predicted octanol–water partition coefficient (Wildman–Crippen LogP) is 2.88. The molecule has 0 aliphatic carbocycles. The van der Waals surface area contributed by atoms with E-state index in [1.165, 1.54) is 12.3 Å². The minimum absolute atomic E-state index is 0.119. The third-order valence-corrected chi connectivity index (χ3v) is 3.15. The summed E-state index contributed by atoms with van der Waals surface area (Å²) in [7, 11) is 0. The number of benzene rings is 1. The summed E-state index contributed by atoms with van der Waals surface area (Å²) in [4.78, 5) is 28.1. The Labute approximate surface area is 137 Å². The minimum atomic E-state index is -0.418. The molecule has 0 spiro atoms. The van der Waals surface area contributed by atoms with Gasteiger partial charge < -0.3 is 15.2 Å². The van der Waals surface area contributed by atoms with Gasteiger partial charge >= 0.3 is 0 Å². The van der Waals surface area contributed by atoms with Crippen LogP contribution in [0.15, 0.2) is 59.3 Å². The molecule has 3 rings (SSSR count). The van der Waals surface area contributed by atoms with E-state index < -0.39 is 5.91 Å². The first-order valence-corrected chi connectivity index (χ1v) is 7.19. The average Bonchev–Trinajstić information content (AvgIpc) is 3.04. The van der Waals surface area contributed by atoms with Gasteiger partial charge in [0.25, 0.3) is 11.8 Å². The maximum Gasteiger partial charge on any atom is 0.294 e. The number of rotatable bonds is 4. The second kappa shape index (κ2) is 6.74. The van der Waals surface area contributed by atoms with E-state index in [9.17, 15) is 9.59 Å². The predicted molar refractivity (Wildman–Crippen MR) is 87.8 cm³/mol. The van der Waals surface area contributed by atoms with Gasteiger partial charge in [-0.15, -0.1) is 0 Å². The van der Waals surface area contributed by atoms with Gasteiger partial charge in [0, 0.05) is 11.6 Å². The first-order valence-electron chi connectivity index (χ1n) is 7.19. The molecule has 0 fully saturated rings. The zero-order chi connectivity index (χ0) is 16.9. The van der Waals surface area contributed by atoms with Gasteiger partial charge in [-0.3, -0.25) is 9.59 Å². The Morgan fingerprint density at radius 2 is 1.79 bits per heavy atom. The van der Waals surface area contributed by atoms with Crippen LogP contribution < -0.4 is 10.6 Å². The molecule has 0 saturated carbocycles. The van der Waals surface area contributed by atoms with Crippen LogP contribution in [0.1, 0.15) is 26.6 Å². The molecule has 0 unspecified atom stereocenters. The highest BCUT2D eigenvalue weighted by Gasteiger charge is 2.12. The van der Waals surface area contributed by atoms with Gasteiger partial charge in [0.2, 0.25) is 5.76 Å². The van der Waals surface area contributed by atoms with E-state index in [2.05, 4.69) is 20.8 Å². The fraction of sp³-hybridized carbons (Fsp3) is 0.0588. The standard InChI is InChI=1S/C17H14N4O3/c1-11-9-14(24-21-11)17(23)19-13-7-8-15(18-10-13)20-16(22)12-5-3-2-4-6-12/h2-10H,1H3,(H,19,23)(H,18,20,22). The Bertz CT molecular complexity index is 857. The molecule has 1 aromatic carbocycles. The average molecular weight is 322 g/mol. The monoisotopic (exact) mass is 322 g/mol. The van der Waals surface area contributed by atoms with Crippen molar-refractivity contribution in [1.82, 2.24) is 10.1 Å². The van der Waals surface area contributed by atoms with E-state index >= 15 is 0 Å². The number of amides is 2. The SMILES string of the molecule is Cc1cc(C(=O)Nc2ccc(NC(=O)c3ccccc3)nc2)on1. The largest absolute Gasteiger partial charge is 0.351 e. The van der Waals surface area contributed by atoms with E-state index in [1.54, 1.807) is 43.3 Å². The zero-order valence-corrected chi connectivity index (χ0v) is 12.8. The molecule has 2 heterocycles. The Kier molecular flexibility index (Phi) is 4.33. The number of pyridine rings is 1. The Morgan fingerprint density at radius 1 is 1.00 bits per heavy atom. The van der Waals surface area contributed by atoms with Gasteiger partial charge in [0.15, 0.2) is 0 Å². The molecule has 3 aromatic rings. The van der Waals surface area contributed by atoms with Crippen LogP contribution in [0.2, 0.25) is 0 Å². The van der Waals surface area contributed by atoms with Crippen molar-refractivity contribution in [1.29, 1.82) is 0 Å². The van der Waals surface area contributed by atoms with Crippen molar-refractivity contribution >= 4 is 23.3 Å². The summed E-state index contributed by atoms with van der Waals surface area (Å²) in [6.45, 7) is 1.73. The number of hydrogen-bond donors (Lipinski definition) is 2. The van der Waals surface area contributed by atoms with Crippen molar-refractivity contribution in [3.63, 3.8) is 0 Å². The van der Waals surface area contributed by atoms with Gasteiger partial charge in [-0.2, -0.15) is 0 Å². The van der Waals surface area contributed by atoms with E-state index in [-0.39, 0.29) is 11.7 Å². The summed E-state index contributed by atoms with van der Waals surface area (Å²) in [5, 5.41) is 8.97. The highest BCUT2D eigenvalue weighted by molar-refractivity contribution is 6.04. The Hall–Kier alpha value is -3.48. The van der Waals surface area contributed by atoms with Crippen LogP contribution in [-0.2, 0) is 0 Å². The number of nitrogens with zero attached hydrogens (tertiary/aromatic N) is 2. The highest BCUT2D eigenvalue weighted by Crippen LogP contribution is 2.13. The number of nitrogens with one attached hydrogen (secondary N) is 2. The van der Waals surface area contributed by atoms with Crippen molar-refractivity contribution < 1.29 is 14.1 Å². The third-order valence-electron chi connectivity index (χ3n) is 3.15. The lowest BCUT2D eigenvalue weighted by molar-refractivity contribution is 0.0986. The summed E-state index contributed by atoms with van der Waals surface area (Å²) >= 11 is 0. The van der Waals surface area contributed by atoms with Crippen LogP contribution >= 0.6 is 0 Å². The Balaban J connectivity index is 1.63. The number of carbonyl (C=O) groups excluding carboxylic acids is 2. The van der Waals surface area contributed by atoms with Crippen LogP contribution in [-0.4, -0.2) is 22.0 Å². The van der Waals surface area contributed by atoms with E-state index in [0.717, 1.165) is 0 Å². The molecule has 0 saturated heterocycles. The zero-order valence-electron chi connectivity index (χ0n) is 12.8. The quantitative estimate of drug-likeness (QED) is 0.770. The summed E-state index contributed by atoms with van der Waals surface area (Å²) in [5.74, 6) is -0.165. The third kappa shape index (κ3) is 3.64. The summed E-state index contributed by atoms with van der Waals surface area (Å²) in [6, 6.07) is 13.6. The highest BCUT2D eigenvalue weighted by atomic mass is 16.5. The van der Waals surface area contributed by atoms with E-state index in [4.69, 9.17) is 4.52 Å². The molecule has 2 aromatic heterocycles. The number of anilines is 2. The van der Waals surface area contributed by atoms with Gasteiger partial charge in [-0.1, -0.05) is 23.4 Å². The van der Waals surface area contributed by atoms with Crippen molar-refractivity contribution in [2.45, 2.75) is 6.92 Å². The van der Waals surface area contributed by atoms with E-state index in [0.29, 0.717) is 22.8 Å². The summed E-state index contributed by atoms with van der Waals surface area (Å²) in [5.41, 5.74) is 1.64. The smallest absolute Gasteiger partial charge is 0.294 e. The molecule has 24 heavy (non-hydrogen) atoms. The second-order valence-corrected chi connectivity index (χ2v) is 5.04. The molecule has 2 N–H and O–H groups in total. The first-order chi connectivity index (χ1) is 11.6. The van der Waals surface area contributed by atoms with Crippen LogP contribution in [0.3, 0.4) is 0 Å². The van der Waals surface area contributed by atoms with Crippen LogP contribution in [0, 0.1) is 6.92 Å². The van der Waals surface area contributed by atoms with Gasteiger partial charge in [0.1, 0.15) is 5.82 Å². The van der Waals surface area contributed by atoms with Crippen molar-refractivity contribution in [2.75, 3.05) is 10.6 Å². The van der Waals surface area contributed by atoms with Gasteiger partial charge in [-0.25, -0.2) is 4.98 Å². The fourth-order valence-electron chi connectivity index (χ4n) is 1.98. The molecule has 0 bridgehead atoms. The minimum Gasteiger partial charge on any atom is -0.351 e. The van der Waals surface area contributed by atoms with Gasteiger partial charge in [0.05, 0.1) is 17.6 Å². The molecule has 0 aliphatic heterocycles. The van der Waals surface area contributed by atoms with Gasteiger partial charge in [-0.05, 0) is 31.2 Å². The molecular weight excluding hydrogens is 308 g/mol. The molecule has 2 amide bonds. The second-order valence-electron chi connectivity index (χ2n) is 5.04. The van der Waals surface area contributed by atoms with Crippen molar-refractivity contribution in [3.05, 3.63) is 71.7 Å². The number of aryl methyl sites for hydroxylation is 1. The van der Waals surface area contributed by atoms with Crippen LogP contribution in [0.5, 0.6) is 0 Å². The summed E-state index contributed by atoms with van der Waals surface area (Å²) < 4.78 is 4.88. The van der Waals surface area contributed by atoms with Crippen molar-refractivity contribution in [2.24, 2.45) is 0 Å². The molecule has 0 aliphatic rings.